The average molecular weight is 242 g/mol. The number of amides is 1. The molecule has 2 rings (SSSR count). The zero-order chi connectivity index (χ0) is 12.1. The fourth-order valence-electron chi connectivity index (χ4n) is 2.34. The quantitative estimate of drug-likeness (QED) is 0.757. The van der Waals surface area contributed by atoms with E-state index in [0.29, 0.717) is 19.8 Å². The van der Waals surface area contributed by atoms with Crippen molar-refractivity contribution in [1.82, 2.24) is 10.2 Å². The Hall–Kier alpha value is -0.650. The molecule has 2 fully saturated rings. The number of nitrogens with one attached hydrogen (secondary N) is 1. The molecular weight excluding hydrogens is 220 g/mol. The summed E-state index contributed by atoms with van der Waals surface area (Å²) >= 11 is 0. The molecule has 0 spiro atoms. The van der Waals surface area contributed by atoms with Crippen LogP contribution >= 0.6 is 0 Å². The highest BCUT2D eigenvalue weighted by molar-refractivity contribution is 5.81. The minimum absolute atomic E-state index is 0.110. The summed E-state index contributed by atoms with van der Waals surface area (Å²) in [5.41, 5.74) is 0. The van der Waals surface area contributed by atoms with E-state index in [0.717, 1.165) is 26.0 Å². The summed E-state index contributed by atoms with van der Waals surface area (Å²) in [7, 11) is 1.84. The maximum atomic E-state index is 12.1. The molecule has 0 aromatic rings. The monoisotopic (exact) mass is 242 g/mol. The lowest BCUT2D eigenvalue weighted by Gasteiger charge is -2.31. The molecule has 0 aliphatic carbocycles. The molecule has 5 nitrogen and oxygen atoms in total. The van der Waals surface area contributed by atoms with Crippen molar-refractivity contribution >= 4 is 5.91 Å². The van der Waals surface area contributed by atoms with Gasteiger partial charge in [0.15, 0.2) is 0 Å². The molecular formula is C12H22N2O3. The highest BCUT2D eigenvalue weighted by Crippen LogP contribution is 2.13. The maximum Gasteiger partial charge on any atom is 0.241 e. The number of hydrogen-bond acceptors (Lipinski definition) is 4. The van der Waals surface area contributed by atoms with E-state index in [9.17, 15) is 4.79 Å². The summed E-state index contributed by atoms with van der Waals surface area (Å²) in [6.07, 6.45) is 3.62. The third-order valence-electron chi connectivity index (χ3n) is 3.35. The van der Waals surface area contributed by atoms with Crippen LogP contribution in [0.25, 0.3) is 0 Å². The predicted molar refractivity (Wildman–Crippen MR) is 63.8 cm³/mol. The first-order valence-corrected chi connectivity index (χ1v) is 6.45. The highest BCUT2D eigenvalue weighted by Gasteiger charge is 2.26. The SMILES string of the molecule is CN(CC1CCCCO1)C(=O)C1COCCN1. The Kier molecular flexibility index (Phi) is 4.76. The van der Waals surface area contributed by atoms with Gasteiger partial charge in [-0.05, 0) is 19.3 Å². The third-order valence-corrected chi connectivity index (χ3v) is 3.35. The van der Waals surface area contributed by atoms with E-state index >= 15 is 0 Å². The molecule has 1 amide bonds. The molecule has 0 bridgehead atoms. The smallest absolute Gasteiger partial charge is 0.241 e. The van der Waals surface area contributed by atoms with Crippen LogP contribution in [0, 0.1) is 0 Å². The van der Waals surface area contributed by atoms with Gasteiger partial charge in [-0.25, -0.2) is 0 Å². The van der Waals surface area contributed by atoms with Crippen LogP contribution in [0.2, 0.25) is 0 Å². The molecule has 98 valence electrons. The molecule has 17 heavy (non-hydrogen) atoms. The number of ether oxygens (including phenoxy) is 2. The Bertz CT molecular complexity index is 248. The molecule has 2 aliphatic heterocycles. The van der Waals surface area contributed by atoms with E-state index in [-0.39, 0.29) is 18.1 Å². The second-order valence-corrected chi connectivity index (χ2v) is 4.79. The number of morpholine rings is 1. The van der Waals surface area contributed by atoms with Gasteiger partial charge in [0, 0.05) is 26.7 Å². The van der Waals surface area contributed by atoms with Crippen molar-refractivity contribution in [3.05, 3.63) is 0 Å². The summed E-state index contributed by atoms with van der Waals surface area (Å²) in [6, 6.07) is -0.183. The summed E-state index contributed by atoms with van der Waals surface area (Å²) in [4.78, 5) is 13.9. The molecule has 2 atom stereocenters. The van der Waals surface area contributed by atoms with Gasteiger partial charge in [-0.2, -0.15) is 0 Å². The fraction of sp³-hybridized carbons (Fsp3) is 0.917. The van der Waals surface area contributed by atoms with Crippen molar-refractivity contribution in [2.75, 3.05) is 40.0 Å². The van der Waals surface area contributed by atoms with Gasteiger partial charge in [0.2, 0.25) is 5.91 Å². The lowest BCUT2D eigenvalue weighted by atomic mass is 10.1. The zero-order valence-electron chi connectivity index (χ0n) is 10.5. The topological polar surface area (TPSA) is 50.8 Å². The maximum absolute atomic E-state index is 12.1. The summed E-state index contributed by atoms with van der Waals surface area (Å²) < 4.78 is 10.9. The van der Waals surface area contributed by atoms with Crippen LogP contribution in [0.5, 0.6) is 0 Å². The molecule has 0 radical (unpaired) electrons. The van der Waals surface area contributed by atoms with Gasteiger partial charge in [-0.15, -0.1) is 0 Å². The van der Waals surface area contributed by atoms with E-state index in [2.05, 4.69) is 5.32 Å². The van der Waals surface area contributed by atoms with Crippen molar-refractivity contribution < 1.29 is 14.3 Å². The normalized spacial score (nSPS) is 29.9. The van der Waals surface area contributed by atoms with Gasteiger partial charge < -0.3 is 19.7 Å². The zero-order valence-corrected chi connectivity index (χ0v) is 10.5. The van der Waals surface area contributed by atoms with E-state index < -0.39 is 0 Å². The van der Waals surface area contributed by atoms with Crippen LogP contribution in [-0.4, -0.2) is 62.9 Å². The molecule has 2 unspecified atom stereocenters. The molecule has 1 N–H and O–H groups in total. The second-order valence-electron chi connectivity index (χ2n) is 4.79. The van der Waals surface area contributed by atoms with E-state index in [1.165, 1.54) is 6.42 Å². The van der Waals surface area contributed by atoms with Gasteiger partial charge in [-0.3, -0.25) is 4.79 Å². The van der Waals surface area contributed by atoms with Gasteiger partial charge in [0.25, 0.3) is 0 Å². The molecule has 2 aliphatic rings. The second kappa shape index (κ2) is 6.33. The number of carbonyl (C=O) groups excluding carboxylic acids is 1. The standard InChI is InChI=1S/C12H22N2O3/c1-14(8-10-4-2-3-6-17-10)12(15)11-9-16-7-5-13-11/h10-11,13H,2-9H2,1H3. The number of nitrogens with zero attached hydrogens (tertiary/aromatic N) is 1. The van der Waals surface area contributed by atoms with Crippen LogP contribution in [0.1, 0.15) is 19.3 Å². The Morgan fingerprint density at radius 3 is 2.94 bits per heavy atom. The molecule has 5 heteroatoms. The highest BCUT2D eigenvalue weighted by atomic mass is 16.5. The first-order valence-electron chi connectivity index (χ1n) is 6.45. The van der Waals surface area contributed by atoms with E-state index in [4.69, 9.17) is 9.47 Å². The third kappa shape index (κ3) is 3.66. The molecule has 0 saturated carbocycles. The Labute approximate surface area is 102 Å². The summed E-state index contributed by atoms with van der Waals surface area (Å²) in [5, 5.41) is 3.18. The lowest BCUT2D eigenvalue weighted by molar-refractivity contribution is -0.137. The Balaban J connectivity index is 1.77. The lowest BCUT2D eigenvalue weighted by Crippen LogP contribution is -2.53. The van der Waals surface area contributed by atoms with E-state index in [1.54, 1.807) is 4.90 Å². The van der Waals surface area contributed by atoms with Crippen LogP contribution in [-0.2, 0) is 14.3 Å². The van der Waals surface area contributed by atoms with Crippen LogP contribution < -0.4 is 5.32 Å². The average Bonchev–Trinajstić information content (AvgIpc) is 2.40. The van der Waals surface area contributed by atoms with Crippen molar-refractivity contribution in [1.29, 1.82) is 0 Å². The molecule has 2 saturated heterocycles. The van der Waals surface area contributed by atoms with Crippen molar-refractivity contribution in [2.24, 2.45) is 0 Å². The molecule has 2 heterocycles. The van der Waals surface area contributed by atoms with Crippen LogP contribution in [0.4, 0.5) is 0 Å². The first kappa shape index (κ1) is 12.8. The summed E-state index contributed by atoms with van der Waals surface area (Å²) in [5.74, 6) is 0.110. The van der Waals surface area contributed by atoms with Gasteiger partial charge in [0.05, 0.1) is 19.3 Å². The minimum Gasteiger partial charge on any atom is -0.378 e. The van der Waals surface area contributed by atoms with Crippen LogP contribution in [0.3, 0.4) is 0 Å². The van der Waals surface area contributed by atoms with Crippen molar-refractivity contribution in [2.45, 2.75) is 31.4 Å². The minimum atomic E-state index is -0.183. The number of rotatable bonds is 3. The van der Waals surface area contributed by atoms with Gasteiger partial charge >= 0.3 is 0 Å². The first-order chi connectivity index (χ1) is 8.27. The largest absolute Gasteiger partial charge is 0.378 e. The predicted octanol–water partition coefficient (Wildman–Crippen LogP) is 0.00230. The van der Waals surface area contributed by atoms with Gasteiger partial charge in [0.1, 0.15) is 6.04 Å². The molecule has 0 aromatic carbocycles. The number of hydrogen-bond donors (Lipinski definition) is 1. The Morgan fingerprint density at radius 1 is 1.41 bits per heavy atom. The van der Waals surface area contributed by atoms with Crippen molar-refractivity contribution in [3.63, 3.8) is 0 Å². The van der Waals surface area contributed by atoms with Crippen LogP contribution in [0.15, 0.2) is 0 Å². The fourth-order valence-corrected chi connectivity index (χ4v) is 2.34. The molecule has 0 aromatic heterocycles. The summed E-state index contributed by atoms with van der Waals surface area (Å²) in [6.45, 7) is 3.45. The number of carbonyl (C=O) groups is 1. The van der Waals surface area contributed by atoms with Crippen molar-refractivity contribution in [3.8, 4) is 0 Å². The Morgan fingerprint density at radius 2 is 2.29 bits per heavy atom. The van der Waals surface area contributed by atoms with Gasteiger partial charge in [-0.1, -0.05) is 0 Å². The number of likely N-dealkylation sites (N-methyl/N-ethyl adjacent to an activating group) is 1. The van der Waals surface area contributed by atoms with E-state index in [1.807, 2.05) is 7.05 Å².